The minimum atomic E-state index is -0.628. The lowest BCUT2D eigenvalue weighted by Crippen LogP contribution is -2.47. The van der Waals surface area contributed by atoms with Crippen LogP contribution in [-0.4, -0.2) is 60.9 Å². The number of amides is 1. The number of nitrogens with one attached hydrogen (secondary N) is 1. The Hall–Kier alpha value is -1.43. The van der Waals surface area contributed by atoms with Crippen molar-refractivity contribution >= 4 is 5.91 Å². The number of carbonyl (C=O) groups is 1. The molecule has 1 heterocycles. The fourth-order valence-corrected chi connectivity index (χ4v) is 2.98. The highest BCUT2D eigenvalue weighted by Crippen LogP contribution is 2.29. The van der Waals surface area contributed by atoms with Gasteiger partial charge < -0.3 is 20.1 Å². The third-order valence-corrected chi connectivity index (χ3v) is 4.68. The summed E-state index contributed by atoms with van der Waals surface area (Å²) in [5, 5.41) is 13.3. The summed E-state index contributed by atoms with van der Waals surface area (Å²) in [6.07, 6.45) is 2.06. The molecule has 1 aromatic rings. The van der Waals surface area contributed by atoms with Gasteiger partial charge in [-0.1, -0.05) is 30.3 Å². The molecule has 1 amide bonds. The number of aliphatic hydroxyl groups excluding tert-OH is 1. The summed E-state index contributed by atoms with van der Waals surface area (Å²) in [5.41, 5.74) is 1.31. The van der Waals surface area contributed by atoms with Crippen molar-refractivity contribution in [2.75, 3.05) is 26.7 Å². The van der Waals surface area contributed by atoms with Crippen molar-refractivity contribution in [3.8, 4) is 0 Å². The number of hydrogen-bond donors (Lipinski definition) is 2. The molecule has 2 aliphatic rings. The molecule has 2 fully saturated rings. The van der Waals surface area contributed by atoms with Gasteiger partial charge >= 0.3 is 0 Å². The van der Waals surface area contributed by atoms with Crippen LogP contribution in [0.25, 0.3) is 0 Å². The SMILES string of the molecule is CN(CCc1ccccc1)C[C@@H]1OC[C@H](NC(=O)C2CC2)[C@H]1O. The van der Waals surface area contributed by atoms with Gasteiger partial charge in [-0.3, -0.25) is 4.79 Å². The van der Waals surface area contributed by atoms with Crippen LogP contribution in [0.1, 0.15) is 18.4 Å². The van der Waals surface area contributed by atoms with E-state index in [0.717, 1.165) is 25.8 Å². The van der Waals surface area contributed by atoms with E-state index in [1.807, 2.05) is 25.2 Å². The lowest BCUT2D eigenvalue weighted by atomic mass is 10.1. The monoisotopic (exact) mass is 318 g/mol. The minimum Gasteiger partial charge on any atom is -0.388 e. The van der Waals surface area contributed by atoms with Crippen molar-refractivity contribution in [2.45, 2.75) is 37.5 Å². The summed E-state index contributed by atoms with van der Waals surface area (Å²) in [4.78, 5) is 14.0. The van der Waals surface area contributed by atoms with Gasteiger partial charge in [0.15, 0.2) is 0 Å². The van der Waals surface area contributed by atoms with Crippen molar-refractivity contribution in [3.63, 3.8) is 0 Å². The highest BCUT2D eigenvalue weighted by atomic mass is 16.5. The van der Waals surface area contributed by atoms with Gasteiger partial charge in [0, 0.05) is 19.0 Å². The summed E-state index contributed by atoms with van der Waals surface area (Å²) in [5.74, 6) is 0.227. The molecule has 0 unspecified atom stereocenters. The number of likely N-dealkylation sites (N-methyl/N-ethyl adjacent to an activating group) is 1. The Morgan fingerprint density at radius 2 is 2.09 bits per heavy atom. The first-order valence-electron chi connectivity index (χ1n) is 8.46. The molecular formula is C18H26N2O3. The zero-order valence-corrected chi connectivity index (χ0v) is 13.6. The topological polar surface area (TPSA) is 61.8 Å². The maximum Gasteiger partial charge on any atom is 0.223 e. The van der Waals surface area contributed by atoms with E-state index < -0.39 is 6.10 Å². The van der Waals surface area contributed by atoms with Gasteiger partial charge in [-0.05, 0) is 31.9 Å². The molecular weight excluding hydrogens is 292 g/mol. The van der Waals surface area contributed by atoms with Gasteiger partial charge in [0.2, 0.25) is 5.91 Å². The number of hydrogen-bond acceptors (Lipinski definition) is 4. The van der Waals surface area contributed by atoms with Crippen LogP contribution in [0.15, 0.2) is 30.3 Å². The second kappa shape index (κ2) is 7.43. The van der Waals surface area contributed by atoms with Crippen molar-refractivity contribution in [1.29, 1.82) is 0 Å². The molecule has 126 valence electrons. The van der Waals surface area contributed by atoms with E-state index in [1.54, 1.807) is 0 Å². The largest absolute Gasteiger partial charge is 0.388 e. The van der Waals surface area contributed by atoms with Gasteiger partial charge in [-0.2, -0.15) is 0 Å². The Bertz CT molecular complexity index is 518. The van der Waals surface area contributed by atoms with E-state index in [-0.39, 0.29) is 24.0 Å². The van der Waals surface area contributed by atoms with E-state index in [9.17, 15) is 9.90 Å². The Morgan fingerprint density at radius 3 is 2.78 bits per heavy atom. The molecule has 3 rings (SSSR count). The Morgan fingerprint density at radius 1 is 1.35 bits per heavy atom. The number of nitrogens with zero attached hydrogens (tertiary/aromatic N) is 1. The Balaban J connectivity index is 1.41. The maximum atomic E-state index is 11.8. The fraction of sp³-hybridized carbons (Fsp3) is 0.611. The summed E-state index contributed by atoms with van der Waals surface area (Å²) in [7, 11) is 2.04. The molecule has 0 radical (unpaired) electrons. The second-order valence-electron chi connectivity index (χ2n) is 6.75. The van der Waals surface area contributed by atoms with E-state index in [0.29, 0.717) is 13.2 Å². The smallest absolute Gasteiger partial charge is 0.223 e. The first kappa shape index (κ1) is 16.4. The molecule has 23 heavy (non-hydrogen) atoms. The van der Waals surface area contributed by atoms with Crippen molar-refractivity contribution < 1.29 is 14.6 Å². The van der Waals surface area contributed by atoms with Gasteiger partial charge in [0.05, 0.1) is 18.8 Å². The lowest BCUT2D eigenvalue weighted by molar-refractivity contribution is -0.123. The average molecular weight is 318 g/mol. The standard InChI is InChI=1S/C18H26N2O3/c1-20(10-9-13-5-3-2-4-6-13)11-16-17(21)15(12-23-16)19-18(22)14-7-8-14/h2-6,14-17,21H,7-12H2,1H3,(H,19,22)/t15-,16-,17+/m0/s1. The van der Waals surface area contributed by atoms with Crippen LogP contribution in [0.3, 0.4) is 0 Å². The number of carbonyl (C=O) groups excluding carboxylic acids is 1. The van der Waals surface area contributed by atoms with Crippen molar-refractivity contribution in [1.82, 2.24) is 10.2 Å². The molecule has 0 bridgehead atoms. The Kier molecular flexibility index (Phi) is 5.30. The Labute approximate surface area is 137 Å². The van der Waals surface area contributed by atoms with Gasteiger partial charge in [0.25, 0.3) is 0 Å². The van der Waals surface area contributed by atoms with Crippen molar-refractivity contribution in [2.24, 2.45) is 5.92 Å². The maximum absolute atomic E-state index is 11.8. The summed E-state index contributed by atoms with van der Waals surface area (Å²) >= 11 is 0. The van der Waals surface area contributed by atoms with Crippen LogP contribution >= 0.6 is 0 Å². The molecule has 5 heteroatoms. The molecule has 0 spiro atoms. The number of ether oxygens (including phenoxy) is 1. The molecule has 1 aromatic carbocycles. The minimum absolute atomic E-state index is 0.0655. The van der Waals surface area contributed by atoms with Gasteiger partial charge in [-0.25, -0.2) is 0 Å². The molecule has 1 saturated heterocycles. The third kappa shape index (κ3) is 4.53. The fourth-order valence-electron chi connectivity index (χ4n) is 2.98. The normalized spacial score (nSPS) is 27.3. The van der Waals surface area contributed by atoms with E-state index in [2.05, 4.69) is 22.3 Å². The van der Waals surface area contributed by atoms with Gasteiger partial charge in [0.1, 0.15) is 6.10 Å². The summed E-state index contributed by atoms with van der Waals surface area (Å²) in [6, 6.07) is 10.1. The second-order valence-corrected chi connectivity index (χ2v) is 6.75. The number of aliphatic hydroxyl groups is 1. The third-order valence-electron chi connectivity index (χ3n) is 4.68. The summed E-state index contributed by atoms with van der Waals surface area (Å²) in [6.45, 7) is 1.98. The van der Waals surface area contributed by atoms with E-state index in [4.69, 9.17) is 4.74 Å². The van der Waals surface area contributed by atoms with Crippen LogP contribution < -0.4 is 5.32 Å². The molecule has 1 aliphatic carbocycles. The van der Waals surface area contributed by atoms with E-state index >= 15 is 0 Å². The predicted octanol–water partition coefficient (Wildman–Crippen LogP) is 0.815. The quantitative estimate of drug-likeness (QED) is 0.781. The zero-order chi connectivity index (χ0) is 16.2. The number of benzene rings is 1. The van der Waals surface area contributed by atoms with E-state index in [1.165, 1.54) is 5.56 Å². The molecule has 5 nitrogen and oxygen atoms in total. The first-order chi connectivity index (χ1) is 11.1. The van der Waals surface area contributed by atoms with Crippen LogP contribution in [0.5, 0.6) is 0 Å². The average Bonchev–Trinajstić information content (AvgIpc) is 3.36. The van der Waals surface area contributed by atoms with Crippen LogP contribution in [0.2, 0.25) is 0 Å². The first-order valence-corrected chi connectivity index (χ1v) is 8.46. The molecule has 3 atom stereocenters. The van der Waals surface area contributed by atoms with Gasteiger partial charge in [-0.15, -0.1) is 0 Å². The molecule has 1 saturated carbocycles. The van der Waals surface area contributed by atoms with Crippen LogP contribution in [0.4, 0.5) is 0 Å². The van der Waals surface area contributed by atoms with Crippen LogP contribution in [0, 0.1) is 5.92 Å². The summed E-state index contributed by atoms with van der Waals surface area (Å²) < 4.78 is 5.70. The molecule has 1 aliphatic heterocycles. The molecule has 2 N–H and O–H groups in total. The number of rotatable bonds is 7. The predicted molar refractivity (Wildman–Crippen MR) is 88.0 cm³/mol. The highest BCUT2D eigenvalue weighted by molar-refractivity contribution is 5.81. The zero-order valence-electron chi connectivity index (χ0n) is 13.6. The highest BCUT2D eigenvalue weighted by Gasteiger charge is 2.39. The van der Waals surface area contributed by atoms with Crippen molar-refractivity contribution in [3.05, 3.63) is 35.9 Å². The van der Waals surface area contributed by atoms with Crippen LogP contribution in [-0.2, 0) is 16.0 Å². The molecule has 0 aromatic heterocycles. The lowest BCUT2D eigenvalue weighted by Gasteiger charge is -2.23.